The summed E-state index contributed by atoms with van der Waals surface area (Å²) >= 11 is 0. The summed E-state index contributed by atoms with van der Waals surface area (Å²) in [6, 6.07) is 6.96. The number of hydrogen-bond donors (Lipinski definition) is 3. The maximum Gasteiger partial charge on any atom is 0.319 e. The molecule has 0 saturated heterocycles. The summed E-state index contributed by atoms with van der Waals surface area (Å²) < 4.78 is 5.67. The number of para-hydroxylation sites is 2. The van der Waals surface area contributed by atoms with Crippen molar-refractivity contribution < 1.29 is 14.6 Å². The molecule has 2 atom stereocenters. The number of amides is 2. The van der Waals surface area contributed by atoms with Gasteiger partial charge in [-0.3, -0.25) is 0 Å². The van der Waals surface area contributed by atoms with Crippen LogP contribution in [0.2, 0.25) is 0 Å². The predicted octanol–water partition coefficient (Wildman–Crippen LogP) is 3.00. The highest BCUT2D eigenvalue weighted by Gasteiger charge is 2.14. The van der Waals surface area contributed by atoms with Gasteiger partial charge in [-0.15, -0.1) is 0 Å². The SMILES string of the molecule is CCCCOc1ccccc1NC(=O)NC(C)C(C)CO. The van der Waals surface area contributed by atoms with Crippen LogP contribution in [0.25, 0.3) is 0 Å². The first-order valence-corrected chi connectivity index (χ1v) is 7.48. The number of carbonyl (C=O) groups is 1. The fourth-order valence-corrected chi connectivity index (χ4v) is 1.69. The molecule has 21 heavy (non-hydrogen) atoms. The van der Waals surface area contributed by atoms with Crippen LogP contribution in [0.15, 0.2) is 24.3 Å². The molecule has 0 bridgehead atoms. The van der Waals surface area contributed by atoms with E-state index in [4.69, 9.17) is 9.84 Å². The summed E-state index contributed by atoms with van der Waals surface area (Å²) in [5.41, 5.74) is 0.648. The molecule has 0 aliphatic carbocycles. The molecule has 5 nitrogen and oxygen atoms in total. The van der Waals surface area contributed by atoms with Gasteiger partial charge in [-0.25, -0.2) is 4.79 Å². The summed E-state index contributed by atoms with van der Waals surface area (Å²) in [5, 5.41) is 14.7. The van der Waals surface area contributed by atoms with E-state index in [2.05, 4.69) is 17.6 Å². The highest BCUT2D eigenvalue weighted by atomic mass is 16.5. The molecule has 1 aromatic rings. The van der Waals surface area contributed by atoms with Gasteiger partial charge in [0.15, 0.2) is 0 Å². The van der Waals surface area contributed by atoms with Crippen LogP contribution in [0.4, 0.5) is 10.5 Å². The molecular weight excluding hydrogens is 268 g/mol. The Kier molecular flexibility index (Phi) is 7.61. The fraction of sp³-hybridized carbons (Fsp3) is 0.562. The Balaban J connectivity index is 2.59. The number of aliphatic hydroxyl groups is 1. The number of aliphatic hydroxyl groups excluding tert-OH is 1. The van der Waals surface area contributed by atoms with E-state index in [-0.39, 0.29) is 24.6 Å². The van der Waals surface area contributed by atoms with Gasteiger partial charge >= 0.3 is 6.03 Å². The van der Waals surface area contributed by atoms with E-state index >= 15 is 0 Å². The number of anilines is 1. The van der Waals surface area contributed by atoms with Crippen molar-refractivity contribution in [3.05, 3.63) is 24.3 Å². The van der Waals surface area contributed by atoms with Gasteiger partial charge in [0.2, 0.25) is 0 Å². The molecule has 0 aliphatic heterocycles. The van der Waals surface area contributed by atoms with Crippen molar-refractivity contribution in [2.24, 2.45) is 5.92 Å². The van der Waals surface area contributed by atoms with Gasteiger partial charge in [0.05, 0.1) is 12.3 Å². The first kappa shape index (κ1) is 17.3. The van der Waals surface area contributed by atoms with Gasteiger partial charge in [0.1, 0.15) is 5.75 Å². The average Bonchev–Trinajstić information content (AvgIpc) is 2.48. The molecule has 0 fully saturated rings. The monoisotopic (exact) mass is 294 g/mol. The molecule has 0 saturated carbocycles. The summed E-state index contributed by atoms with van der Waals surface area (Å²) in [7, 11) is 0. The predicted molar refractivity (Wildman–Crippen MR) is 84.7 cm³/mol. The van der Waals surface area contributed by atoms with Crippen molar-refractivity contribution in [1.82, 2.24) is 5.32 Å². The van der Waals surface area contributed by atoms with Gasteiger partial charge in [-0.05, 0) is 31.4 Å². The lowest BCUT2D eigenvalue weighted by molar-refractivity contribution is 0.204. The first-order chi connectivity index (χ1) is 10.1. The fourth-order valence-electron chi connectivity index (χ4n) is 1.69. The van der Waals surface area contributed by atoms with E-state index in [1.165, 1.54) is 0 Å². The Bertz CT molecular complexity index is 437. The Morgan fingerprint density at radius 2 is 2.05 bits per heavy atom. The molecule has 1 aromatic carbocycles. The quantitative estimate of drug-likeness (QED) is 0.645. The van der Waals surface area contributed by atoms with Gasteiger partial charge < -0.3 is 20.5 Å². The number of ether oxygens (including phenoxy) is 1. The van der Waals surface area contributed by atoms with Gasteiger partial charge in [-0.1, -0.05) is 32.4 Å². The number of rotatable bonds is 8. The van der Waals surface area contributed by atoms with Crippen molar-refractivity contribution in [1.29, 1.82) is 0 Å². The van der Waals surface area contributed by atoms with Crippen LogP contribution in [0, 0.1) is 5.92 Å². The van der Waals surface area contributed by atoms with E-state index < -0.39 is 0 Å². The lowest BCUT2D eigenvalue weighted by Gasteiger charge is -2.20. The second kappa shape index (κ2) is 9.23. The zero-order chi connectivity index (χ0) is 15.7. The van der Waals surface area contributed by atoms with Crippen LogP contribution in [0.5, 0.6) is 5.75 Å². The Morgan fingerprint density at radius 3 is 2.71 bits per heavy atom. The second-order valence-electron chi connectivity index (χ2n) is 5.25. The molecule has 0 spiro atoms. The van der Waals surface area contributed by atoms with E-state index in [0.29, 0.717) is 18.0 Å². The lowest BCUT2D eigenvalue weighted by Crippen LogP contribution is -2.40. The normalized spacial score (nSPS) is 13.3. The van der Waals surface area contributed by atoms with Crippen LogP contribution < -0.4 is 15.4 Å². The van der Waals surface area contributed by atoms with E-state index in [9.17, 15) is 4.79 Å². The molecule has 3 N–H and O–H groups in total. The van der Waals surface area contributed by atoms with Crippen LogP contribution in [0.3, 0.4) is 0 Å². The van der Waals surface area contributed by atoms with Gasteiger partial charge in [0.25, 0.3) is 0 Å². The van der Waals surface area contributed by atoms with Crippen molar-refractivity contribution in [3.8, 4) is 5.75 Å². The third-order valence-electron chi connectivity index (χ3n) is 3.39. The second-order valence-corrected chi connectivity index (χ2v) is 5.25. The molecule has 1 rings (SSSR count). The smallest absolute Gasteiger partial charge is 0.319 e. The minimum Gasteiger partial charge on any atom is -0.491 e. The van der Waals surface area contributed by atoms with Crippen LogP contribution in [0.1, 0.15) is 33.6 Å². The van der Waals surface area contributed by atoms with Crippen LogP contribution >= 0.6 is 0 Å². The summed E-state index contributed by atoms with van der Waals surface area (Å²) in [5.74, 6) is 0.677. The van der Waals surface area contributed by atoms with Crippen molar-refractivity contribution >= 4 is 11.7 Å². The van der Waals surface area contributed by atoms with E-state index in [1.807, 2.05) is 32.0 Å². The summed E-state index contributed by atoms with van der Waals surface area (Å²) in [4.78, 5) is 12.0. The number of unbranched alkanes of at least 4 members (excludes halogenated alkanes) is 1. The summed E-state index contributed by atoms with van der Waals surface area (Å²) in [6.07, 6.45) is 2.04. The molecule has 2 amide bonds. The van der Waals surface area contributed by atoms with Crippen molar-refractivity contribution in [3.63, 3.8) is 0 Å². The maximum atomic E-state index is 12.0. The summed E-state index contributed by atoms with van der Waals surface area (Å²) in [6.45, 7) is 6.52. The van der Waals surface area contributed by atoms with Crippen molar-refractivity contribution in [2.75, 3.05) is 18.5 Å². The minimum atomic E-state index is -0.297. The largest absolute Gasteiger partial charge is 0.491 e. The molecule has 0 aliphatic rings. The van der Waals surface area contributed by atoms with E-state index in [0.717, 1.165) is 12.8 Å². The van der Waals surface area contributed by atoms with Crippen LogP contribution in [-0.2, 0) is 0 Å². The maximum absolute atomic E-state index is 12.0. The van der Waals surface area contributed by atoms with E-state index in [1.54, 1.807) is 6.07 Å². The highest BCUT2D eigenvalue weighted by Crippen LogP contribution is 2.23. The van der Waals surface area contributed by atoms with Crippen molar-refractivity contribution in [2.45, 2.75) is 39.7 Å². The zero-order valence-corrected chi connectivity index (χ0v) is 13.1. The third-order valence-corrected chi connectivity index (χ3v) is 3.39. The molecule has 2 unspecified atom stereocenters. The molecule has 5 heteroatoms. The first-order valence-electron chi connectivity index (χ1n) is 7.48. The molecule has 118 valence electrons. The van der Waals surface area contributed by atoms with Gasteiger partial charge in [0, 0.05) is 12.6 Å². The number of carbonyl (C=O) groups excluding carboxylic acids is 1. The Labute approximate surface area is 126 Å². The molecular formula is C16H26N2O3. The average molecular weight is 294 g/mol. The number of nitrogens with one attached hydrogen (secondary N) is 2. The lowest BCUT2D eigenvalue weighted by atomic mass is 10.1. The topological polar surface area (TPSA) is 70.6 Å². The number of hydrogen-bond acceptors (Lipinski definition) is 3. The zero-order valence-electron chi connectivity index (χ0n) is 13.1. The third kappa shape index (κ3) is 6.04. The highest BCUT2D eigenvalue weighted by molar-refractivity contribution is 5.91. The Hall–Kier alpha value is -1.75. The number of urea groups is 1. The minimum absolute atomic E-state index is 0.00629. The molecule has 0 aromatic heterocycles. The van der Waals surface area contributed by atoms with Crippen LogP contribution in [-0.4, -0.2) is 30.4 Å². The molecule has 0 radical (unpaired) electrons. The standard InChI is InChI=1S/C16H26N2O3/c1-4-5-10-21-15-9-7-6-8-14(15)18-16(20)17-13(3)12(2)11-19/h6-9,12-13,19H,4-5,10-11H2,1-3H3,(H2,17,18,20). The number of benzene rings is 1. The van der Waals surface area contributed by atoms with Gasteiger partial charge in [-0.2, -0.15) is 0 Å². The Morgan fingerprint density at radius 1 is 1.33 bits per heavy atom. The molecule has 0 heterocycles.